The van der Waals surface area contributed by atoms with Crippen LogP contribution < -0.4 is 11.3 Å². The number of thioether (sulfide) groups is 1. The monoisotopic (exact) mass is 334 g/mol. The third kappa shape index (κ3) is 4.56. The summed E-state index contributed by atoms with van der Waals surface area (Å²) in [5, 5.41) is 0. The molecule has 0 spiro atoms. The lowest BCUT2D eigenvalue weighted by atomic mass is 9.93. The molecule has 1 unspecified atom stereocenters. The summed E-state index contributed by atoms with van der Waals surface area (Å²) in [5.74, 6) is 9.20. The summed E-state index contributed by atoms with van der Waals surface area (Å²) >= 11 is 7.40. The summed E-state index contributed by atoms with van der Waals surface area (Å²) in [4.78, 5) is 1.41. The fourth-order valence-corrected chi connectivity index (χ4v) is 5.07. The molecule has 2 rings (SSSR count). The van der Waals surface area contributed by atoms with E-state index >= 15 is 0 Å². The number of hydrazine groups is 1. The van der Waals surface area contributed by atoms with Crippen molar-refractivity contribution in [2.75, 3.05) is 11.5 Å². The Balaban J connectivity index is 1.83. The molecule has 1 saturated heterocycles. The summed E-state index contributed by atoms with van der Waals surface area (Å²) in [7, 11) is 0. The van der Waals surface area contributed by atoms with E-state index < -0.39 is 0 Å². The van der Waals surface area contributed by atoms with Crippen molar-refractivity contribution in [1.29, 1.82) is 0 Å². The van der Waals surface area contributed by atoms with Gasteiger partial charge in [-0.05, 0) is 71.2 Å². The molecule has 0 saturated carbocycles. The topological polar surface area (TPSA) is 38.0 Å². The molecule has 1 aliphatic heterocycles. The minimum Gasteiger partial charge on any atom is -0.271 e. The fourth-order valence-electron chi connectivity index (χ4n) is 2.30. The molecule has 0 aromatic carbocycles. The van der Waals surface area contributed by atoms with E-state index in [2.05, 4.69) is 45.3 Å². The first-order valence-electron chi connectivity index (χ1n) is 6.06. The molecule has 1 atom stereocenters. The Bertz CT molecular complexity index is 337. The fraction of sp³-hybridized carbons (Fsp3) is 0.667. The van der Waals surface area contributed by atoms with Gasteiger partial charge in [0.2, 0.25) is 0 Å². The zero-order valence-electron chi connectivity index (χ0n) is 9.82. The molecular formula is C12H19BrN2S2. The molecule has 2 nitrogen and oxygen atoms in total. The third-order valence-corrected chi connectivity index (χ3v) is 5.97. The Kier molecular flexibility index (Phi) is 5.83. The maximum absolute atomic E-state index is 5.68. The Morgan fingerprint density at radius 3 is 2.76 bits per heavy atom. The smallest absolute Gasteiger partial charge is 0.0701 e. The van der Waals surface area contributed by atoms with Gasteiger partial charge < -0.3 is 0 Å². The molecule has 96 valence electrons. The summed E-state index contributed by atoms with van der Waals surface area (Å²) in [5.41, 5.74) is 2.99. The van der Waals surface area contributed by atoms with Gasteiger partial charge in [-0.1, -0.05) is 0 Å². The Morgan fingerprint density at radius 2 is 2.18 bits per heavy atom. The van der Waals surface area contributed by atoms with Crippen molar-refractivity contribution in [2.24, 2.45) is 11.8 Å². The predicted octanol–water partition coefficient (Wildman–Crippen LogP) is 3.42. The van der Waals surface area contributed by atoms with Crippen molar-refractivity contribution in [2.45, 2.75) is 31.7 Å². The summed E-state index contributed by atoms with van der Waals surface area (Å²) < 4.78 is 1.21. The number of hydrogen-bond acceptors (Lipinski definition) is 4. The Morgan fingerprint density at radius 1 is 1.41 bits per heavy atom. The van der Waals surface area contributed by atoms with E-state index in [0.29, 0.717) is 6.04 Å². The molecule has 1 aliphatic rings. The molecule has 3 N–H and O–H groups in total. The highest BCUT2D eigenvalue weighted by molar-refractivity contribution is 9.11. The van der Waals surface area contributed by atoms with Crippen LogP contribution in [0.1, 0.15) is 24.1 Å². The van der Waals surface area contributed by atoms with Crippen LogP contribution in [0.4, 0.5) is 0 Å². The number of nitrogens with two attached hydrogens (primary N) is 1. The van der Waals surface area contributed by atoms with Crippen molar-refractivity contribution >= 4 is 39.0 Å². The zero-order chi connectivity index (χ0) is 12.1. The zero-order valence-corrected chi connectivity index (χ0v) is 13.0. The van der Waals surface area contributed by atoms with Crippen LogP contribution in [0.3, 0.4) is 0 Å². The molecule has 17 heavy (non-hydrogen) atoms. The second kappa shape index (κ2) is 7.14. The standard InChI is InChI=1S/C12H19BrN2S2/c13-12-2-1-11(17-12)8-10(15-14)7-9-3-5-16-6-4-9/h1-2,9-10,15H,3-8,14H2. The van der Waals surface area contributed by atoms with E-state index in [1.165, 1.54) is 39.4 Å². The van der Waals surface area contributed by atoms with E-state index in [9.17, 15) is 0 Å². The normalized spacial score (nSPS) is 19.4. The molecule has 5 heteroatoms. The highest BCUT2D eigenvalue weighted by Gasteiger charge is 2.19. The second-order valence-electron chi connectivity index (χ2n) is 4.56. The van der Waals surface area contributed by atoms with E-state index in [1.54, 1.807) is 0 Å². The van der Waals surface area contributed by atoms with Gasteiger partial charge in [-0.15, -0.1) is 11.3 Å². The Hall–Kier alpha value is 0.450. The maximum Gasteiger partial charge on any atom is 0.0701 e. The van der Waals surface area contributed by atoms with Gasteiger partial charge in [-0.2, -0.15) is 11.8 Å². The Labute approximate surface area is 120 Å². The molecule has 1 aromatic heterocycles. The van der Waals surface area contributed by atoms with E-state index in [1.807, 2.05) is 11.3 Å². The van der Waals surface area contributed by atoms with Crippen LogP contribution in [0.5, 0.6) is 0 Å². The largest absolute Gasteiger partial charge is 0.271 e. The van der Waals surface area contributed by atoms with E-state index in [-0.39, 0.29) is 0 Å². The van der Waals surface area contributed by atoms with Crippen molar-refractivity contribution < 1.29 is 0 Å². The van der Waals surface area contributed by atoms with Crippen LogP contribution in [0.2, 0.25) is 0 Å². The van der Waals surface area contributed by atoms with Gasteiger partial charge >= 0.3 is 0 Å². The van der Waals surface area contributed by atoms with Gasteiger partial charge in [0.05, 0.1) is 3.79 Å². The van der Waals surface area contributed by atoms with Crippen LogP contribution in [-0.2, 0) is 6.42 Å². The average molecular weight is 335 g/mol. The molecule has 0 radical (unpaired) electrons. The first-order chi connectivity index (χ1) is 8.28. The lowest BCUT2D eigenvalue weighted by Gasteiger charge is -2.25. The summed E-state index contributed by atoms with van der Waals surface area (Å²) in [6.45, 7) is 0. The van der Waals surface area contributed by atoms with Gasteiger partial charge in [-0.3, -0.25) is 11.3 Å². The number of halogens is 1. The molecule has 0 aliphatic carbocycles. The van der Waals surface area contributed by atoms with Crippen molar-refractivity contribution in [3.8, 4) is 0 Å². The van der Waals surface area contributed by atoms with E-state index in [0.717, 1.165) is 12.3 Å². The number of nitrogens with one attached hydrogen (secondary N) is 1. The SMILES string of the molecule is NNC(Cc1ccc(Br)s1)CC1CCSCC1. The maximum atomic E-state index is 5.68. The number of thiophene rings is 1. The summed E-state index contributed by atoms with van der Waals surface area (Å²) in [6, 6.07) is 4.73. The first kappa shape index (κ1) is 13.9. The van der Waals surface area contributed by atoms with Gasteiger partial charge in [0, 0.05) is 10.9 Å². The highest BCUT2D eigenvalue weighted by Crippen LogP contribution is 2.28. The lowest BCUT2D eigenvalue weighted by molar-refractivity contribution is 0.367. The molecular weight excluding hydrogens is 316 g/mol. The van der Waals surface area contributed by atoms with Crippen molar-refractivity contribution in [3.05, 3.63) is 20.8 Å². The average Bonchev–Trinajstić information content (AvgIpc) is 2.75. The van der Waals surface area contributed by atoms with Gasteiger partial charge in [-0.25, -0.2) is 0 Å². The van der Waals surface area contributed by atoms with Gasteiger partial charge in [0.1, 0.15) is 0 Å². The van der Waals surface area contributed by atoms with Crippen LogP contribution in [-0.4, -0.2) is 17.5 Å². The third-order valence-electron chi connectivity index (χ3n) is 3.27. The minimum atomic E-state index is 0.425. The first-order valence-corrected chi connectivity index (χ1v) is 8.82. The van der Waals surface area contributed by atoms with Crippen LogP contribution in [0, 0.1) is 5.92 Å². The minimum absolute atomic E-state index is 0.425. The van der Waals surface area contributed by atoms with Gasteiger partial charge in [0.25, 0.3) is 0 Å². The molecule has 2 heterocycles. The number of hydrogen-bond donors (Lipinski definition) is 2. The van der Waals surface area contributed by atoms with E-state index in [4.69, 9.17) is 5.84 Å². The van der Waals surface area contributed by atoms with Crippen LogP contribution >= 0.6 is 39.0 Å². The van der Waals surface area contributed by atoms with Crippen LogP contribution in [0.25, 0.3) is 0 Å². The highest BCUT2D eigenvalue weighted by atomic mass is 79.9. The molecule has 1 aromatic rings. The van der Waals surface area contributed by atoms with Crippen molar-refractivity contribution in [3.63, 3.8) is 0 Å². The quantitative estimate of drug-likeness (QED) is 0.640. The van der Waals surface area contributed by atoms with Crippen molar-refractivity contribution in [1.82, 2.24) is 5.43 Å². The predicted molar refractivity (Wildman–Crippen MR) is 81.5 cm³/mol. The molecule has 0 bridgehead atoms. The number of rotatable bonds is 5. The molecule has 1 fully saturated rings. The molecule has 0 amide bonds. The van der Waals surface area contributed by atoms with Gasteiger partial charge in [0.15, 0.2) is 0 Å². The summed E-state index contributed by atoms with van der Waals surface area (Å²) in [6.07, 6.45) is 4.98. The van der Waals surface area contributed by atoms with Crippen LogP contribution in [0.15, 0.2) is 15.9 Å². The lowest BCUT2D eigenvalue weighted by Crippen LogP contribution is -2.38. The second-order valence-corrected chi connectivity index (χ2v) is 8.34.